The molecule has 1 aliphatic rings. The highest BCUT2D eigenvalue weighted by Gasteiger charge is 2.09. The van der Waals surface area contributed by atoms with Crippen molar-refractivity contribution in [2.24, 2.45) is 4.99 Å². The van der Waals surface area contributed by atoms with E-state index in [9.17, 15) is 5.11 Å². The number of rotatable bonds is 3. The minimum Gasteiger partial charge on any atom is -0.508 e. The van der Waals surface area contributed by atoms with Crippen LogP contribution in [0, 0.1) is 0 Å². The van der Waals surface area contributed by atoms with Gasteiger partial charge in [0.15, 0.2) is 0 Å². The third-order valence-electron chi connectivity index (χ3n) is 2.96. The first-order valence-electron chi connectivity index (χ1n) is 6.58. The Labute approximate surface area is 128 Å². The van der Waals surface area contributed by atoms with Crippen LogP contribution >= 0.6 is 23.4 Å². The molecule has 108 valence electrons. The van der Waals surface area contributed by atoms with Crippen LogP contribution in [0.4, 0.5) is 0 Å². The summed E-state index contributed by atoms with van der Waals surface area (Å²) in [7, 11) is 0. The molecule has 0 spiro atoms. The van der Waals surface area contributed by atoms with E-state index in [1.807, 2.05) is 23.8 Å². The summed E-state index contributed by atoms with van der Waals surface area (Å²) in [6.45, 7) is 4.76. The standard InChI is InChI=1S/C14H18ClN3OS/c1-3-18-11(8-16-14(18)15)9-20-13-6-4-5-12(19)7-10(2)17-13/h5,7-8,19H,3-4,6,9H2,1-2H3/b10-7-,12-5+,17-13+. The van der Waals surface area contributed by atoms with Gasteiger partial charge in [-0.15, -0.1) is 11.8 Å². The van der Waals surface area contributed by atoms with Crippen molar-refractivity contribution in [2.45, 2.75) is 39.0 Å². The second kappa shape index (κ2) is 6.99. The van der Waals surface area contributed by atoms with Crippen molar-refractivity contribution in [3.8, 4) is 0 Å². The van der Waals surface area contributed by atoms with E-state index in [0.29, 0.717) is 11.0 Å². The third-order valence-corrected chi connectivity index (χ3v) is 4.33. The summed E-state index contributed by atoms with van der Waals surface area (Å²) in [5.41, 5.74) is 1.93. The molecule has 4 nitrogen and oxygen atoms in total. The zero-order chi connectivity index (χ0) is 14.5. The predicted molar refractivity (Wildman–Crippen MR) is 85.3 cm³/mol. The Balaban J connectivity index is 2.05. The monoisotopic (exact) mass is 311 g/mol. The summed E-state index contributed by atoms with van der Waals surface area (Å²) in [6, 6.07) is 0. The van der Waals surface area contributed by atoms with Gasteiger partial charge in [-0.3, -0.25) is 4.99 Å². The Morgan fingerprint density at radius 1 is 1.50 bits per heavy atom. The summed E-state index contributed by atoms with van der Waals surface area (Å²) in [5, 5.41) is 11.1. The topological polar surface area (TPSA) is 50.4 Å². The zero-order valence-corrected chi connectivity index (χ0v) is 13.2. The van der Waals surface area contributed by atoms with Crippen LogP contribution in [-0.2, 0) is 12.3 Å². The van der Waals surface area contributed by atoms with E-state index >= 15 is 0 Å². The first-order valence-corrected chi connectivity index (χ1v) is 7.94. The highest BCUT2D eigenvalue weighted by Crippen LogP contribution is 2.22. The van der Waals surface area contributed by atoms with Crippen molar-refractivity contribution < 1.29 is 5.11 Å². The number of aromatic nitrogens is 2. The molecule has 0 radical (unpaired) electrons. The van der Waals surface area contributed by atoms with E-state index in [0.717, 1.165) is 41.6 Å². The number of aliphatic hydroxyl groups is 1. The van der Waals surface area contributed by atoms with E-state index < -0.39 is 0 Å². The fourth-order valence-corrected chi connectivity index (χ4v) is 3.29. The molecular weight excluding hydrogens is 294 g/mol. The van der Waals surface area contributed by atoms with Gasteiger partial charge in [0.25, 0.3) is 0 Å². The highest BCUT2D eigenvalue weighted by atomic mass is 35.5. The van der Waals surface area contributed by atoms with Crippen molar-refractivity contribution in [1.29, 1.82) is 0 Å². The first-order chi connectivity index (χ1) is 9.60. The maximum atomic E-state index is 9.53. The number of nitrogens with zero attached hydrogens (tertiary/aromatic N) is 3. The van der Waals surface area contributed by atoms with Gasteiger partial charge >= 0.3 is 0 Å². The van der Waals surface area contributed by atoms with Crippen LogP contribution in [0.15, 0.2) is 34.8 Å². The maximum Gasteiger partial charge on any atom is 0.202 e. The Kier molecular flexibility index (Phi) is 5.31. The van der Waals surface area contributed by atoms with Gasteiger partial charge in [0, 0.05) is 29.8 Å². The summed E-state index contributed by atoms with van der Waals surface area (Å²) < 4.78 is 1.99. The van der Waals surface area contributed by atoms with E-state index in [4.69, 9.17) is 11.6 Å². The molecule has 1 aromatic rings. The van der Waals surface area contributed by atoms with Crippen LogP contribution < -0.4 is 0 Å². The number of aliphatic hydroxyl groups excluding tert-OH is 1. The van der Waals surface area contributed by atoms with E-state index in [1.54, 1.807) is 17.8 Å². The minimum absolute atomic E-state index is 0.297. The number of hydrogen-bond acceptors (Lipinski definition) is 4. The third kappa shape index (κ3) is 3.90. The molecule has 6 heteroatoms. The van der Waals surface area contributed by atoms with Gasteiger partial charge in [0.05, 0.1) is 11.2 Å². The lowest BCUT2D eigenvalue weighted by Crippen LogP contribution is -2.02. The number of thioether (sulfide) groups is 1. The van der Waals surface area contributed by atoms with Gasteiger partial charge in [-0.1, -0.05) is 0 Å². The van der Waals surface area contributed by atoms with Crippen molar-refractivity contribution in [3.05, 3.63) is 40.8 Å². The van der Waals surface area contributed by atoms with Gasteiger partial charge in [0.2, 0.25) is 5.28 Å². The lowest BCUT2D eigenvalue weighted by atomic mass is 10.2. The molecule has 2 rings (SSSR count). The first kappa shape index (κ1) is 15.2. The number of aliphatic imine (C=N–C) groups is 1. The van der Waals surface area contributed by atoms with Crippen LogP contribution in [0.3, 0.4) is 0 Å². The molecule has 1 N–H and O–H groups in total. The Morgan fingerprint density at radius 3 is 3.05 bits per heavy atom. The minimum atomic E-state index is 0.297. The molecule has 20 heavy (non-hydrogen) atoms. The summed E-state index contributed by atoms with van der Waals surface area (Å²) in [5.74, 6) is 1.10. The fraction of sp³-hybridized carbons (Fsp3) is 0.429. The molecule has 0 unspecified atom stereocenters. The molecule has 0 saturated heterocycles. The normalized spacial score (nSPS) is 23.9. The number of imidazole rings is 1. The molecule has 0 amide bonds. The zero-order valence-electron chi connectivity index (χ0n) is 11.6. The van der Waals surface area contributed by atoms with Crippen LogP contribution in [0.5, 0.6) is 0 Å². The molecule has 1 aromatic heterocycles. The summed E-state index contributed by atoms with van der Waals surface area (Å²) in [6.07, 6.45) is 6.97. The largest absolute Gasteiger partial charge is 0.508 e. The van der Waals surface area contributed by atoms with Crippen LogP contribution in [-0.4, -0.2) is 19.7 Å². The van der Waals surface area contributed by atoms with Crippen LogP contribution in [0.2, 0.25) is 5.28 Å². The molecule has 0 saturated carbocycles. The van der Waals surface area contributed by atoms with E-state index in [2.05, 4.69) is 16.9 Å². The predicted octanol–water partition coefficient (Wildman–Crippen LogP) is 4.33. The van der Waals surface area contributed by atoms with Crippen LogP contribution in [0.1, 0.15) is 32.4 Å². The van der Waals surface area contributed by atoms with Gasteiger partial charge < -0.3 is 9.67 Å². The van der Waals surface area contributed by atoms with Crippen molar-refractivity contribution in [3.63, 3.8) is 0 Å². The maximum absolute atomic E-state index is 9.53. The molecular formula is C14H18ClN3OS. The Hall–Kier alpha value is -1.20. The summed E-state index contributed by atoms with van der Waals surface area (Å²) >= 11 is 7.72. The van der Waals surface area contributed by atoms with Gasteiger partial charge in [-0.2, -0.15) is 0 Å². The SMILES string of the molecule is CCn1c(CS/C2=N/C(C)=C\C(O)=C/CC2)cnc1Cl. The highest BCUT2D eigenvalue weighted by molar-refractivity contribution is 8.13. The second-order valence-corrected chi connectivity index (χ2v) is 5.90. The number of hydrogen-bond donors (Lipinski definition) is 1. The van der Waals surface area contributed by atoms with E-state index in [1.165, 1.54) is 0 Å². The molecule has 0 fully saturated rings. The lowest BCUT2D eigenvalue weighted by molar-refractivity contribution is 0.428. The Bertz CT molecular complexity index is 575. The van der Waals surface area contributed by atoms with Crippen LogP contribution in [0.25, 0.3) is 0 Å². The molecule has 1 aliphatic heterocycles. The van der Waals surface area contributed by atoms with Crippen molar-refractivity contribution >= 4 is 28.4 Å². The quantitative estimate of drug-likeness (QED) is 0.904. The van der Waals surface area contributed by atoms with E-state index in [-0.39, 0.29) is 0 Å². The average Bonchev–Trinajstić information content (AvgIpc) is 2.74. The molecule has 2 heterocycles. The lowest BCUT2D eigenvalue weighted by Gasteiger charge is -2.09. The van der Waals surface area contributed by atoms with Gasteiger partial charge in [-0.05, 0) is 44.4 Å². The van der Waals surface area contributed by atoms with Gasteiger partial charge in [-0.25, -0.2) is 4.98 Å². The number of allylic oxidation sites excluding steroid dienone is 3. The Morgan fingerprint density at radius 2 is 2.30 bits per heavy atom. The fourth-order valence-electron chi connectivity index (χ4n) is 2.00. The second-order valence-electron chi connectivity index (χ2n) is 4.51. The molecule has 0 bridgehead atoms. The van der Waals surface area contributed by atoms with Crippen molar-refractivity contribution in [1.82, 2.24) is 9.55 Å². The molecule has 0 atom stereocenters. The molecule has 0 aliphatic carbocycles. The average molecular weight is 312 g/mol. The van der Waals surface area contributed by atoms with Gasteiger partial charge in [0.1, 0.15) is 5.76 Å². The smallest absolute Gasteiger partial charge is 0.202 e. The number of halogens is 1. The summed E-state index contributed by atoms with van der Waals surface area (Å²) in [4.78, 5) is 8.67. The van der Waals surface area contributed by atoms with Crippen molar-refractivity contribution in [2.75, 3.05) is 0 Å². The molecule has 0 aromatic carbocycles.